The summed E-state index contributed by atoms with van der Waals surface area (Å²) in [6.07, 6.45) is 32.6. The van der Waals surface area contributed by atoms with Crippen molar-refractivity contribution in [3.05, 3.63) is 11.6 Å². The molecule has 0 radical (unpaired) electrons. The third kappa shape index (κ3) is 11.6. The molecule has 4 rings (SSSR count). The second-order valence-corrected chi connectivity index (χ2v) is 18.1. The van der Waals surface area contributed by atoms with Crippen molar-refractivity contribution in [3.63, 3.8) is 0 Å². The summed E-state index contributed by atoms with van der Waals surface area (Å²) in [6, 6.07) is 0. The largest absolute Gasteiger partial charge is 0.481 e. The second kappa shape index (κ2) is 20.1. The zero-order valence-corrected chi connectivity index (χ0v) is 32.5. The van der Waals surface area contributed by atoms with Crippen molar-refractivity contribution in [1.29, 1.82) is 0 Å². The van der Waals surface area contributed by atoms with Gasteiger partial charge < -0.3 is 10.2 Å². The van der Waals surface area contributed by atoms with Crippen molar-refractivity contribution in [2.75, 3.05) is 0 Å². The molecule has 0 amide bonds. The molecule has 0 spiro atoms. The monoisotopic (exact) mass is 657 g/mol. The van der Waals surface area contributed by atoms with E-state index in [1.54, 1.807) is 5.57 Å². The third-order valence-electron chi connectivity index (χ3n) is 14.2. The molecule has 274 valence electrons. The highest BCUT2D eigenvalue weighted by Crippen LogP contribution is 2.67. The number of unbranched alkanes of at least 4 members (excludes halogenated alkanes) is 8. The number of carboxylic acids is 1. The molecule has 4 aliphatic carbocycles. The molecule has 0 aliphatic heterocycles. The Balaban J connectivity index is 0.000000279. The molecule has 3 heteroatoms. The van der Waals surface area contributed by atoms with Crippen LogP contribution in [-0.4, -0.2) is 22.3 Å². The van der Waals surface area contributed by atoms with E-state index in [1.807, 2.05) is 0 Å². The van der Waals surface area contributed by atoms with Crippen LogP contribution in [0.1, 0.15) is 203 Å². The van der Waals surface area contributed by atoms with Crippen LogP contribution in [0.15, 0.2) is 11.6 Å². The van der Waals surface area contributed by atoms with E-state index in [-0.39, 0.29) is 6.10 Å². The lowest BCUT2D eigenvalue weighted by Crippen LogP contribution is -2.50. The van der Waals surface area contributed by atoms with Gasteiger partial charge in [0.05, 0.1) is 6.10 Å². The molecular weight excluding hydrogens is 576 g/mol. The van der Waals surface area contributed by atoms with Crippen LogP contribution in [-0.2, 0) is 4.79 Å². The topological polar surface area (TPSA) is 57.5 Å². The lowest BCUT2D eigenvalue weighted by molar-refractivity contribution is -0.138. The van der Waals surface area contributed by atoms with Gasteiger partial charge in [-0.1, -0.05) is 144 Å². The Kier molecular flexibility index (Phi) is 17.4. The molecule has 3 saturated carbocycles. The normalized spacial score (nSPS) is 32.8. The van der Waals surface area contributed by atoms with Gasteiger partial charge in [-0.05, 0) is 116 Å². The van der Waals surface area contributed by atoms with Crippen LogP contribution < -0.4 is 0 Å². The van der Waals surface area contributed by atoms with Crippen LogP contribution in [0.2, 0.25) is 0 Å². The average Bonchev–Trinajstić information content (AvgIpc) is 3.38. The van der Waals surface area contributed by atoms with Crippen LogP contribution in [0.25, 0.3) is 0 Å². The second-order valence-electron chi connectivity index (χ2n) is 18.1. The molecule has 0 bridgehead atoms. The van der Waals surface area contributed by atoms with E-state index in [2.05, 4.69) is 54.5 Å². The molecule has 9 atom stereocenters. The molecule has 0 aromatic heterocycles. The van der Waals surface area contributed by atoms with Gasteiger partial charge in [0.2, 0.25) is 0 Å². The lowest BCUT2D eigenvalue weighted by Gasteiger charge is -2.58. The standard InChI is InChI=1S/C27H46O.C17H34O2/c1-18(2)7-6-8-19(3)23-11-12-24-22-10-9-20-17-21(28)13-15-26(20,4)25(22)14-16-27(23,24)5;1-3-5-7-9-10-12-14-16(15-17(18)19)13-11-8-6-4-2/h9,18-19,21-25,28H,6-8,10-17H2,1-5H3;16H,3-15H2,1-2H3,(H,18,19)/t19-,21+,22+,23-,24+,25+,26+,27-;/m1./s1. The van der Waals surface area contributed by atoms with Crippen LogP contribution in [0.4, 0.5) is 0 Å². The fourth-order valence-electron chi connectivity index (χ4n) is 11.3. The number of allylic oxidation sites excluding steroid dienone is 1. The van der Waals surface area contributed by atoms with Gasteiger partial charge in [-0.3, -0.25) is 4.79 Å². The van der Waals surface area contributed by atoms with E-state index in [1.165, 1.54) is 122 Å². The first kappa shape index (κ1) is 40.6. The maximum absolute atomic E-state index is 10.9. The first-order valence-corrected chi connectivity index (χ1v) is 21.1. The van der Waals surface area contributed by atoms with Gasteiger partial charge in [0.15, 0.2) is 0 Å². The number of carbonyl (C=O) groups is 1. The smallest absolute Gasteiger partial charge is 0.303 e. The molecule has 0 heterocycles. The Hall–Kier alpha value is -0.830. The Morgan fingerprint density at radius 3 is 2.06 bits per heavy atom. The summed E-state index contributed by atoms with van der Waals surface area (Å²) in [5, 5.41) is 19.2. The van der Waals surface area contributed by atoms with Gasteiger partial charge in [0.1, 0.15) is 0 Å². The number of aliphatic carboxylic acids is 1. The summed E-state index contributed by atoms with van der Waals surface area (Å²) in [7, 11) is 0. The van der Waals surface area contributed by atoms with E-state index < -0.39 is 5.97 Å². The van der Waals surface area contributed by atoms with Crippen molar-refractivity contribution < 1.29 is 15.0 Å². The third-order valence-corrected chi connectivity index (χ3v) is 14.2. The number of fused-ring (bicyclic) bond motifs is 5. The highest BCUT2D eigenvalue weighted by Gasteiger charge is 2.59. The fourth-order valence-corrected chi connectivity index (χ4v) is 11.3. The van der Waals surface area contributed by atoms with Gasteiger partial charge in [0, 0.05) is 6.42 Å². The fraction of sp³-hybridized carbons (Fsp3) is 0.932. The van der Waals surface area contributed by atoms with Gasteiger partial charge in [-0.25, -0.2) is 0 Å². The molecule has 0 saturated heterocycles. The zero-order chi connectivity index (χ0) is 34.5. The van der Waals surface area contributed by atoms with Crippen LogP contribution in [0.5, 0.6) is 0 Å². The van der Waals surface area contributed by atoms with Crippen LogP contribution >= 0.6 is 0 Å². The number of aliphatic hydroxyl groups is 1. The molecule has 3 fully saturated rings. The van der Waals surface area contributed by atoms with Gasteiger partial charge >= 0.3 is 5.97 Å². The number of rotatable bonds is 19. The highest BCUT2D eigenvalue weighted by molar-refractivity contribution is 5.66. The van der Waals surface area contributed by atoms with E-state index in [9.17, 15) is 9.90 Å². The minimum atomic E-state index is -0.619. The molecule has 0 aromatic rings. The maximum Gasteiger partial charge on any atom is 0.303 e. The Morgan fingerprint density at radius 1 is 0.787 bits per heavy atom. The predicted octanol–water partition coefficient (Wildman–Crippen LogP) is 13.2. The van der Waals surface area contributed by atoms with E-state index in [0.29, 0.717) is 23.2 Å². The van der Waals surface area contributed by atoms with E-state index >= 15 is 0 Å². The predicted molar refractivity (Wildman–Crippen MR) is 202 cm³/mol. The number of aliphatic hydroxyl groups excluding tert-OH is 1. The summed E-state index contributed by atoms with van der Waals surface area (Å²) in [6.45, 7) is 17.0. The number of hydrogen-bond donors (Lipinski definition) is 2. The van der Waals surface area contributed by atoms with E-state index in [4.69, 9.17) is 5.11 Å². The summed E-state index contributed by atoms with van der Waals surface area (Å²) in [5.41, 5.74) is 2.60. The van der Waals surface area contributed by atoms with Crippen molar-refractivity contribution in [1.82, 2.24) is 0 Å². The minimum Gasteiger partial charge on any atom is -0.481 e. The first-order chi connectivity index (χ1) is 22.5. The van der Waals surface area contributed by atoms with Gasteiger partial charge in [-0.15, -0.1) is 0 Å². The highest BCUT2D eigenvalue weighted by atomic mass is 16.4. The lowest BCUT2D eigenvalue weighted by atomic mass is 9.47. The van der Waals surface area contributed by atoms with Crippen LogP contribution in [0, 0.1) is 52.3 Å². The zero-order valence-electron chi connectivity index (χ0n) is 32.5. The molecule has 4 aliphatic rings. The molecule has 47 heavy (non-hydrogen) atoms. The van der Waals surface area contributed by atoms with Crippen LogP contribution in [0.3, 0.4) is 0 Å². The summed E-state index contributed by atoms with van der Waals surface area (Å²) >= 11 is 0. The molecule has 0 aromatic carbocycles. The van der Waals surface area contributed by atoms with Crippen molar-refractivity contribution >= 4 is 5.97 Å². The summed E-state index contributed by atoms with van der Waals surface area (Å²) < 4.78 is 0. The summed E-state index contributed by atoms with van der Waals surface area (Å²) in [4.78, 5) is 10.9. The molecule has 2 N–H and O–H groups in total. The van der Waals surface area contributed by atoms with Crippen molar-refractivity contribution in [2.45, 2.75) is 209 Å². The Morgan fingerprint density at radius 2 is 1.43 bits per heavy atom. The quantitative estimate of drug-likeness (QED) is 0.107. The summed E-state index contributed by atoms with van der Waals surface area (Å²) in [5.74, 6) is 5.26. The average molecular weight is 657 g/mol. The number of carboxylic acid groups (broad SMARTS) is 1. The van der Waals surface area contributed by atoms with E-state index in [0.717, 1.165) is 61.2 Å². The van der Waals surface area contributed by atoms with Crippen molar-refractivity contribution in [2.24, 2.45) is 52.3 Å². The Bertz CT molecular complexity index is 923. The molecule has 3 nitrogen and oxygen atoms in total. The maximum atomic E-state index is 10.9. The first-order valence-electron chi connectivity index (χ1n) is 21.1. The van der Waals surface area contributed by atoms with Gasteiger partial charge in [0.25, 0.3) is 0 Å². The number of hydrogen-bond acceptors (Lipinski definition) is 2. The molecule has 1 unspecified atom stereocenters. The van der Waals surface area contributed by atoms with Crippen molar-refractivity contribution in [3.8, 4) is 0 Å². The minimum absolute atomic E-state index is 0.0766. The SMILES string of the molecule is CC(C)CCC[C@@H](C)[C@H]1CC[C@H]2[C@@H]3CC=C4C[C@@H](O)CC[C@]4(C)[C@H]3CC[C@]12C.CCCCCCCCC(CCCCCC)CC(=O)O. The molecular formula is C44H80O3. The Labute approximate surface area is 292 Å². The van der Waals surface area contributed by atoms with Gasteiger partial charge in [-0.2, -0.15) is 0 Å².